The number of rotatable bonds is 8. The Labute approximate surface area is 224 Å². The summed E-state index contributed by atoms with van der Waals surface area (Å²) in [7, 11) is 3.50. The third-order valence-corrected chi connectivity index (χ3v) is 8.36. The molecule has 1 aromatic rings. The lowest BCUT2D eigenvalue weighted by atomic mass is 9.50. The predicted octanol–water partition coefficient (Wildman–Crippen LogP) is 0.854. The van der Waals surface area contributed by atoms with Gasteiger partial charge in [0.25, 0.3) is 0 Å². The van der Waals surface area contributed by atoms with Crippen LogP contribution in [-0.2, 0) is 45.2 Å². The summed E-state index contributed by atoms with van der Waals surface area (Å²) in [6.45, 7) is 2.90. The fraction of sp³-hybridized carbons (Fsp3) is 0.556. The molecule has 39 heavy (non-hydrogen) atoms. The van der Waals surface area contributed by atoms with Crippen LogP contribution in [0, 0.1) is 0 Å². The van der Waals surface area contributed by atoms with Gasteiger partial charge in [-0.3, -0.25) is 9.59 Å². The number of ether oxygens (including phenoxy) is 5. The number of nitrogens with zero attached hydrogens (tertiary/aromatic N) is 1. The molecular weight excluding hydrogens is 514 g/mol. The first-order valence-electron chi connectivity index (χ1n) is 12.7. The van der Waals surface area contributed by atoms with Crippen LogP contribution in [0.25, 0.3) is 0 Å². The Hall–Kier alpha value is -3.64. The Kier molecular flexibility index (Phi) is 6.58. The zero-order valence-electron chi connectivity index (χ0n) is 22.1. The van der Waals surface area contributed by atoms with Gasteiger partial charge in [-0.05, 0) is 51.1 Å². The molecule has 6 atom stereocenters. The Morgan fingerprint density at radius 2 is 1.97 bits per heavy atom. The number of hydrogen-bond acceptors (Lipinski definition) is 11. The van der Waals surface area contributed by atoms with Crippen LogP contribution in [0.1, 0.15) is 44.2 Å². The molecule has 1 fully saturated rings. The average molecular weight is 546 g/mol. The van der Waals surface area contributed by atoms with Crippen molar-refractivity contribution in [2.75, 3.05) is 20.7 Å². The number of carboxylic acid groups (broad SMARTS) is 1. The molecule has 2 N–H and O–H groups in total. The van der Waals surface area contributed by atoms with Gasteiger partial charge in [0.05, 0.1) is 24.5 Å². The molecule has 210 valence electrons. The summed E-state index contributed by atoms with van der Waals surface area (Å²) in [4.78, 5) is 50.4. The van der Waals surface area contributed by atoms with E-state index in [1.54, 1.807) is 6.08 Å². The molecule has 12 nitrogen and oxygen atoms in total. The van der Waals surface area contributed by atoms with Gasteiger partial charge >= 0.3 is 23.9 Å². The van der Waals surface area contributed by atoms with Crippen LogP contribution in [0.5, 0.6) is 11.5 Å². The molecular formula is C27H31NO11. The van der Waals surface area contributed by atoms with Crippen LogP contribution < -0.4 is 9.47 Å². The van der Waals surface area contributed by atoms with Crippen LogP contribution in [0.3, 0.4) is 0 Å². The van der Waals surface area contributed by atoms with Gasteiger partial charge in [0, 0.05) is 24.9 Å². The van der Waals surface area contributed by atoms with E-state index >= 15 is 0 Å². The maximum atomic E-state index is 13.2. The van der Waals surface area contributed by atoms with Crippen molar-refractivity contribution in [2.45, 2.75) is 74.9 Å². The number of methoxy groups -OCH3 is 1. The molecule has 5 rings (SSSR count). The average Bonchev–Trinajstić information content (AvgIpc) is 3.22. The molecule has 1 aromatic carbocycles. The van der Waals surface area contributed by atoms with E-state index in [9.17, 15) is 24.3 Å². The zero-order valence-corrected chi connectivity index (χ0v) is 22.1. The monoisotopic (exact) mass is 545 g/mol. The van der Waals surface area contributed by atoms with Gasteiger partial charge in [0.2, 0.25) is 6.10 Å². The maximum absolute atomic E-state index is 13.2. The van der Waals surface area contributed by atoms with Crippen LogP contribution >= 0.6 is 0 Å². The summed E-state index contributed by atoms with van der Waals surface area (Å²) in [5, 5.41) is 21.2. The second-order valence-corrected chi connectivity index (χ2v) is 10.5. The number of benzene rings is 1. The largest absolute Gasteiger partial charge is 0.493 e. The summed E-state index contributed by atoms with van der Waals surface area (Å²) in [5.41, 5.74) is -0.256. The molecule has 0 radical (unpaired) electrons. The molecule has 0 aromatic heterocycles. The van der Waals surface area contributed by atoms with E-state index in [4.69, 9.17) is 28.8 Å². The normalized spacial score (nSPS) is 29.6. The smallest absolute Gasteiger partial charge is 0.353 e. The lowest BCUT2D eigenvalue weighted by Crippen LogP contribution is -2.74. The fourth-order valence-electron chi connectivity index (χ4n) is 6.59. The van der Waals surface area contributed by atoms with Gasteiger partial charge in [-0.15, -0.1) is 0 Å². The molecule has 2 aliphatic carbocycles. The molecule has 0 saturated carbocycles. The number of piperidine rings is 1. The van der Waals surface area contributed by atoms with Crippen LogP contribution in [0.2, 0.25) is 0 Å². The zero-order chi connectivity index (χ0) is 28.3. The van der Waals surface area contributed by atoms with E-state index in [0.717, 1.165) is 25.0 Å². The van der Waals surface area contributed by atoms with Gasteiger partial charge in [-0.2, -0.15) is 0 Å². The quantitative estimate of drug-likeness (QED) is 0.351. The number of carbonyl (C=O) groups excluding carboxylic acids is 3. The highest BCUT2D eigenvalue weighted by Gasteiger charge is 2.72. The molecule has 12 heteroatoms. The molecule has 1 spiro atoms. The van der Waals surface area contributed by atoms with Crippen LogP contribution in [-0.4, -0.2) is 89.6 Å². The van der Waals surface area contributed by atoms with Crippen LogP contribution in [0.15, 0.2) is 24.0 Å². The standard InChI is InChI=1S/C27H31NO11/c1-13(24(31)32)36-20(30)12-18(37-14(2)29)25(33)38-17-7-8-27(34)19-11-15-5-6-16(35-4)22-21(15)26(27,23(17)39-22)9-10-28(19)3/h5-7,13,18-19,23,34H,8-12H2,1-4H3,(H,31,32)/t13-,18-,19-,23-,26-,27+/m0/s1. The SMILES string of the molecule is COc1ccc2c3c1O[C@H]1C(OC(=O)[C@H](CC(=O)O[C@@H](C)C(=O)O)OC(C)=O)=CC[C@@]4(O)[C@H](C2)N(C)CC[C@]314. The molecule has 2 aliphatic heterocycles. The van der Waals surface area contributed by atoms with Crippen molar-refractivity contribution in [2.24, 2.45) is 0 Å². The van der Waals surface area contributed by atoms with E-state index in [-0.39, 0.29) is 18.2 Å². The third kappa shape index (κ3) is 4.04. The molecule has 2 heterocycles. The first kappa shape index (κ1) is 26.9. The van der Waals surface area contributed by atoms with Crippen molar-refractivity contribution in [3.05, 3.63) is 35.1 Å². The number of esters is 3. The van der Waals surface area contributed by atoms with Gasteiger partial charge in [0.15, 0.2) is 23.7 Å². The summed E-state index contributed by atoms with van der Waals surface area (Å²) < 4.78 is 27.5. The van der Waals surface area contributed by atoms with Crippen molar-refractivity contribution in [3.63, 3.8) is 0 Å². The van der Waals surface area contributed by atoms with Crippen molar-refractivity contribution in [3.8, 4) is 11.5 Å². The Balaban J connectivity index is 1.47. The number of carboxylic acids is 1. The van der Waals surface area contributed by atoms with Crippen molar-refractivity contribution >= 4 is 23.9 Å². The van der Waals surface area contributed by atoms with E-state index in [2.05, 4.69) is 4.90 Å². The fourth-order valence-corrected chi connectivity index (χ4v) is 6.59. The Morgan fingerprint density at radius 1 is 1.23 bits per heavy atom. The number of carbonyl (C=O) groups is 4. The minimum Gasteiger partial charge on any atom is -0.493 e. The number of likely N-dealkylation sites (tertiary alicyclic amines) is 1. The Morgan fingerprint density at radius 3 is 2.64 bits per heavy atom. The minimum atomic E-state index is -1.68. The van der Waals surface area contributed by atoms with Gasteiger partial charge in [0.1, 0.15) is 5.76 Å². The lowest BCUT2D eigenvalue weighted by molar-refractivity contribution is -0.178. The van der Waals surface area contributed by atoms with Gasteiger partial charge < -0.3 is 38.8 Å². The second kappa shape index (κ2) is 9.53. The molecule has 0 unspecified atom stereocenters. The van der Waals surface area contributed by atoms with E-state index in [1.807, 2.05) is 19.2 Å². The summed E-state index contributed by atoms with van der Waals surface area (Å²) >= 11 is 0. The van der Waals surface area contributed by atoms with Gasteiger partial charge in [-0.1, -0.05) is 6.07 Å². The Bertz CT molecular complexity index is 1270. The van der Waals surface area contributed by atoms with E-state index in [1.165, 1.54) is 7.11 Å². The first-order valence-corrected chi connectivity index (χ1v) is 12.7. The van der Waals surface area contributed by atoms with Crippen molar-refractivity contribution in [1.29, 1.82) is 0 Å². The molecule has 4 aliphatic rings. The third-order valence-electron chi connectivity index (χ3n) is 8.36. The number of aliphatic carboxylic acids is 1. The van der Waals surface area contributed by atoms with Gasteiger partial charge in [-0.25, -0.2) is 9.59 Å². The maximum Gasteiger partial charge on any atom is 0.353 e. The number of aliphatic hydroxyl groups is 1. The summed E-state index contributed by atoms with van der Waals surface area (Å²) in [6, 6.07) is 3.59. The minimum absolute atomic E-state index is 0.128. The topological polar surface area (TPSA) is 158 Å². The lowest BCUT2D eigenvalue weighted by Gasteiger charge is -2.61. The number of likely N-dealkylation sites (N-methyl/N-ethyl adjacent to an activating group) is 1. The molecule has 0 amide bonds. The first-order chi connectivity index (χ1) is 18.4. The highest BCUT2D eigenvalue weighted by molar-refractivity contribution is 5.86. The highest BCUT2D eigenvalue weighted by atomic mass is 16.6. The molecule has 2 bridgehead atoms. The van der Waals surface area contributed by atoms with Crippen LogP contribution in [0.4, 0.5) is 0 Å². The van der Waals surface area contributed by atoms with E-state index in [0.29, 0.717) is 30.9 Å². The summed E-state index contributed by atoms with van der Waals surface area (Å²) in [6.07, 6.45) is -1.83. The van der Waals surface area contributed by atoms with Crippen molar-refractivity contribution in [1.82, 2.24) is 4.90 Å². The second-order valence-electron chi connectivity index (χ2n) is 10.5. The number of hydrogen-bond donors (Lipinski definition) is 2. The predicted molar refractivity (Wildman–Crippen MR) is 131 cm³/mol. The molecule has 1 saturated heterocycles. The van der Waals surface area contributed by atoms with Crippen molar-refractivity contribution < 1.29 is 53.1 Å². The summed E-state index contributed by atoms with van der Waals surface area (Å²) in [5.74, 6) is -3.20. The highest BCUT2D eigenvalue weighted by Crippen LogP contribution is 2.65. The van der Waals surface area contributed by atoms with E-state index < -0.39 is 59.6 Å².